The van der Waals surface area contributed by atoms with Crippen molar-refractivity contribution in [2.75, 3.05) is 19.6 Å². The van der Waals surface area contributed by atoms with Crippen LogP contribution in [0.5, 0.6) is 5.75 Å². The van der Waals surface area contributed by atoms with E-state index in [2.05, 4.69) is 206 Å². The molecule has 0 aliphatic carbocycles. The fourth-order valence-electron chi connectivity index (χ4n) is 9.50. The van der Waals surface area contributed by atoms with Crippen molar-refractivity contribution in [3.05, 3.63) is 191 Å². The van der Waals surface area contributed by atoms with E-state index in [1.54, 1.807) is 4.90 Å². The molecule has 328 valence electrons. The molecule has 0 bridgehead atoms. The Kier molecular flexibility index (Phi) is 20.8. The van der Waals surface area contributed by atoms with Crippen LogP contribution in [0.1, 0.15) is 54.9 Å². The van der Waals surface area contributed by atoms with Crippen molar-refractivity contribution in [3.63, 3.8) is 0 Å². The molecule has 1 saturated heterocycles. The number of quaternary nitrogens is 2. The normalized spacial score (nSPS) is 15.5. The molecule has 0 amide bonds. The molecule has 0 radical (unpaired) electrons. The zero-order valence-corrected chi connectivity index (χ0v) is 44.5. The Morgan fingerprint density at radius 2 is 1.08 bits per heavy atom. The molecule has 4 nitrogen and oxygen atoms in total. The van der Waals surface area contributed by atoms with E-state index < -0.39 is 24.5 Å². The maximum Gasteiger partial charge on any atom is 2.00 e. The molecule has 0 spiro atoms. The molecule has 3 atom stereocenters. The minimum absolute atomic E-state index is 0. The molecule has 0 saturated carbocycles. The van der Waals surface area contributed by atoms with Crippen LogP contribution >= 0.6 is 0 Å². The molecule has 6 aromatic rings. The van der Waals surface area contributed by atoms with Gasteiger partial charge in [0.05, 0.1) is 13.1 Å². The minimum Gasteiger partial charge on any atom is -0.872 e. The number of likely N-dealkylation sites (tertiary alicyclic amines) is 1. The van der Waals surface area contributed by atoms with Gasteiger partial charge in [-0.05, 0) is 41.4 Å². The van der Waals surface area contributed by atoms with Gasteiger partial charge in [-0.25, -0.2) is 0 Å². The molecule has 6 aromatic carbocycles. The Balaban J connectivity index is 0.000000432. The zero-order valence-electron chi connectivity index (χ0n) is 40.1. The zero-order chi connectivity index (χ0) is 44.6. The molecule has 0 aromatic heterocycles. The van der Waals surface area contributed by atoms with Crippen LogP contribution in [0.25, 0.3) is 4.65 Å². The molecular weight excluding hydrogens is 827 g/mol. The van der Waals surface area contributed by atoms with E-state index in [4.69, 9.17) is 4.65 Å². The topological polar surface area (TPSA) is 46.0 Å². The molecule has 1 fully saturated rings. The van der Waals surface area contributed by atoms with E-state index in [0.717, 1.165) is 30.4 Å². The Morgan fingerprint density at radius 3 is 1.49 bits per heavy atom. The van der Waals surface area contributed by atoms with Crippen molar-refractivity contribution >= 4 is 68.3 Å². The van der Waals surface area contributed by atoms with Crippen molar-refractivity contribution < 1.29 is 14.9 Å². The first-order chi connectivity index (χ1) is 29.7. The van der Waals surface area contributed by atoms with E-state index in [1.807, 2.05) is 18.2 Å². The first-order valence-electron chi connectivity index (χ1n) is 23.1. The number of aryl methyl sites for hydroxylation is 2. The fraction of sp³-hybridized carbons (Fsp3) is 0.345. The van der Waals surface area contributed by atoms with Crippen molar-refractivity contribution in [1.82, 2.24) is 0 Å². The van der Waals surface area contributed by atoms with Crippen LogP contribution in [0.4, 0.5) is 0 Å². The third-order valence-corrected chi connectivity index (χ3v) is 21.8. The summed E-state index contributed by atoms with van der Waals surface area (Å²) in [6, 6.07) is 58.7. The summed E-state index contributed by atoms with van der Waals surface area (Å²) in [6.45, 7) is 25.6. The van der Waals surface area contributed by atoms with Gasteiger partial charge < -0.3 is 19.6 Å². The average molecular weight is 903 g/mol. The SMILES string of the molecule is CCCC[NH+]1CCC[C@H]1C[NH+](Cc1ccccc1)Cc1cc(C)cc([Si](c2ccccc2)(c2ccccc2)c2ccccc2)c1[O-].C[Si](C)(C)[N-][Si](C)(C)C.Cc1ccccc1.[Mg+2]. The molecule has 7 rings (SSSR count). The third-order valence-electron chi connectivity index (χ3n) is 11.7. The van der Waals surface area contributed by atoms with Crippen LogP contribution in [0.15, 0.2) is 164 Å². The van der Waals surface area contributed by atoms with Crippen LogP contribution in [0.2, 0.25) is 39.3 Å². The van der Waals surface area contributed by atoms with E-state index in [1.165, 1.54) is 75.9 Å². The van der Waals surface area contributed by atoms with Crippen molar-refractivity contribution in [2.45, 2.75) is 105 Å². The average Bonchev–Trinajstić information content (AvgIpc) is 3.69. The Hall–Kier alpha value is -3.58. The summed E-state index contributed by atoms with van der Waals surface area (Å²) in [7, 11) is -5.13. The van der Waals surface area contributed by atoms with Gasteiger partial charge in [0.1, 0.15) is 25.7 Å². The first-order valence-corrected chi connectivity index (χ1v) is 32.0. The largest absolute Gasteiger partial charge is 2.00 e. The number of unbranched alkanes of at least 4 members (excludes halogenated alkanes) is 1. The fourth-order valence-corrected chi connectivity index (χ4v) is 22.5. The predicted molar refractivity (Wildman–Crippen MR) is 280 cm³/mol. The molecule has 1 aliphatic heterocycles. The molecule has 2 N–H and O–H groups in total. The minimum atomic E-state index is -2.92. The summed E-state index contributed by atoms with van der Waals surface area (Å²) >= 11 is 0. The summed E-state index contributed by atoms with van der Waals surface area (Å²) in [4.78, 5) is 3.26. The summed E-state index contributed by atoms with van der Waals surface area (Å²) in [5, 5.41) is 19.8. The van der Waals surface area contributed by atoms with Gasteiger partial charge in [0.25, 0.3) is 0 Å². The summed E-state index contributed by atoms with van der Waals surface area (Å²) < 4.78 is 4.82. The van der Waals surface area contributed by atoms with Crippen LogP contribution in [-0.2, 0) is 13.1 Å². The van der Waals surface area contributed by atoms with Gasteiger partial charge in [0.2, 0.25) is 0 Å². The van der Waals surface area contributed by atoms with E-state index in [-0.39, 0.29) is 28.8 Å². The quantitative estimate of drug-likeness (QED) is 0.0814. The number of rotatable bonds is 15. The van der Waals surface area contributed by atoms with Gasteiger partial charge in [0.15, 0.2) is 8.07 Å². The molecule has 1 aliphatic rings. The van der Waals surface area contributed by atoms with Crippen LogP contribution in [-0.4, -0.2) is 73.3 Å². The Labute approximate surface area is 401 Å². The number of nitrogens with zero attached hydrogens (tertiary/aromatic N) is 1. The van der Waals surface area contributed by atoms with E-state index in [9.17, 15) is 0 Å². The standard InChI is InChI=1S/C42H48N2OSi.C7H8.C6H18NSi2.Mg/c1-3-4-27-44-28-17-20-37(44)33-43(31-35-18-9-5-10-19-35)32-36-29-34(2)30-41(42(36)45)46(38-21-11-6-12-22-38,39-23-13-7-14-24-39)40-25-15-8-16-26-40;1-7-5-3-2-4-6-7;1-8(2,3)7-9(4,5)6;/h5-16,18-19,21-26,29-30,37,45H,3-4,17,20,27-28,31-33H2,1-2H3;2-6H,1H3;1-6H3;/q;;-1;+2/p+1/t37-;;;/m0.../s1. The second kappa shape index (κ2) is 25.2. The second-order valence-corrected chi connectivity index (χ2v) is 32.7. The van der Waals surface area contributed by atoms with Gasteiger partial charge in [-0.3, -0.25) is 0 Å². The number of hydrogen-bond acceptors (Lipinski definition) is 1. The summed E-state index contributed by atoms with van der Waals surface area (Å²) in [5.74, 6) is 0.223. The van der Waals surface area contributed by atoms with Crippen LogP contribution in [0, 0.1) is 13.8 Å². The Bertz CT molecular complexity index is 2070. The molecular formula is C55H75MgN3OSi3+2. The first kappa shape index (κ1) is 52.0. The van der Waals surface area contributed by atoms with Crippen LogP contribution in [0.3, 0.4) is 0 Å². The van der Waals surface area contributed by atoms with Gasteiger partial charge >= 0.3 is 23.1 Å². The number of nitrogens with one attached hydrogen (secondary N) is 2. The van der Waals surface area contributed by atoms with E-state index in [0.29, 0.717) is 6.04 Å². The Morgan fingerprint density at radius 1 is 0.619 bits per heavy atom. The third kappa shape index (κ3) is 15.8. The van der Waals surface area contributed by atoms with Gasteiger partial charge in [0, 0.05) is 18.4 Å². The monoisotopic (exact) mass is 902 g/mol. The van der Waals surface area contributed by atoms with Gasteiger partial charge in [-0.15, -0.1) is 0 Å². The van der Waals surface area contributed by atoms with E-state index >= 15 is 5.11 Å². The van der Waals surface area contributed by atoms with Crippen molar-refractivity contribution in [3.8, 4) is 5.75 Å². The number of hydrogen-bond donors (Lipinski definition) is 2. The van der Waals surface area contributed by atoms with Crippen molar-refractivity contribution in [2.24, 2.45) is 0 Å². The maximum atomic E-state index is 15.1. The van der Waals surface area contributed by atoms with Gasteiger partial charge in [-0.2, -0.15) is 0 Å². The summed E-state index contributed by atoms with van der Waals surface area (Å²) in [6.07, 6.45) is 5.13. The summed E-state index contributed by atoms with van der Waals surface area (Å²) in [5.41, 5.74) is 4.78. The number of benzene rings is 6. The van der Waals surface area contributed by atoms with Gasteiger partial charge in [-0.1, -0.05) is 255 Å². The molecule has 63 heavy (non-hydrogen) atoms. The smallest absolute Gasteiger partial charge is 0.872 e. The molecule has 2 unspecified atom stereocenters. The van der Waals surface area contributed by atoms with Crippen molar-refractivity contribution in [1.29, 1.82) is 0 Å². The van der Waals surface area contributed by atoms with Crippen LogP contribution < -0.4 is 35.7 Å². The molecule has 1 heterocycles. The second-order valence-electron chi connectivity index (χ2n) is 19.4. The predicted octanol–water partition coefficient (Wildman–Crippen LogP) is 7.52. The molecule has 8 heteroatoms. The maximum absolute atomic E-state index is 15.1.